The Balaban J connectivity index is 1.01. The van der Waals surface area contributed by atoms with Crippen molar-refractivity contribution in [2.45, 2.75) is 165 Å². The SMILES string of the molecule is CO[C@@H]1O[C@@H]([C@@H](CO[C@@H]2O[C@@H]([C@@H](COCc3ccccc3)O[C@@H]3O[C@@H]([C@H]4COC(C)(C)O4)[C@H](OC(C)=O)[C@H]3OC(C)=O)[C@H](OCc3ccccc3)[C@H]2OCc2ccccc2)OCc2ccccc2)[C@H](OCc2ccccc2)[C@H]1OCc1ccccc1. The molecule has 0 N–H and O–H groups in total. The van der Waals surface area contributed by atoms with Gasteiger partial charge in [-0.1, -0.05) is 182 Å². The predicted molar refractivity (Wildman–Crippen MR) is 311 cm³/mol. The number of esters is 2. The summed E-state index contributed by atoms with van der Waals surface area (Å²) in [6.45, 7) is 7.06. The molecule has 0 aromatic heterocycles. The summed E-state index contributed by atoms with van der Waals surface area (Å²) < 4.78 is 106. The Morgan fingerprint density at radius 1 is 0.453 bits per heavy atom. The summed E-state index contributed by atoms with van der Waals surface area (Å²) in [5.74, 6) is -2.29. The molecule has 0 bridgehead atoms. The average molecular weight is 1180 g/mol. The summed E-state index contributed by atoms with van der Waals surface area (Å²) in [4.78, 5) is 26.0. The highest BCUT2D eigenvalue weighted by molar-refractivity contribution is 5.67. The lowest BCUT2D eigenvalue weighted by Gasteiger charge is -2.32. The van der Waals surface area contributed by atoms with Gasteiger partial charge in [-0.25, -0.2) is 0 Å². The van der Waals surface area contributed by atoms with Gasteiger partial charge in [0.25, 0.3) is 0 Å². The van der Waals surface area contributed by atoms with Crippen molar-refractivity contribution in [1.82, 2.24) is 0 Å². The zero-order chi connectivity index (χ0) is 59.7. The summed E-state index contributed by atoms with van der Waals surface area (Å²) >= 11 is 0. The van der Waals surface area contributed by atoms with Crippen LogP contribution in [0.2, 0.25) is 0 Å². The molecular formula is C68H78O18. The highest BCUT2D eigenvalue weighted by atomic mass is 16.8. The topological polar surface area (TPSA) is 182 Å². The lowest BCUT2D eigenvalue weighted by molar-refractivity contribution is -0.256. The van der Waals surface area contributed by atoms with E-state index in [4.69, 9.17) is 75.8 Å². The van der Waals surface area contributed by atoms with Crippen LogP contribution < -0.4 is 0 Å². The Morgan fingerprint density at radius 2 is 0.860 bits per heavy atom. The fourth-order valence-electron chi connectivity index (χ4n) is 11.1. The van der Waals surface area contributed by atoms with Crippen LogP contribution in [0.15, 0.2) is 182 Å². The minimum Gasteiger partial charge on any atom is -0.455 e. The molecule has 0 unspecified atom stereocenters. The monoisotopic (exact) mass is 1180 g/mol. The first kappa shape index (κ1) is 62.7. The average Bonchev–Trinajstić information content (AvgIpc) is 3.78. The first-order valence-electron chi connectivity index (χ1n) is 29.3. The summed E-state index contributed by atoms with van der Waals surface area (Å²) in [5.41, 5.74) is 5.49. The molecule has 0 amide bonds. The molecule has 4 saturated heterocycles. The molecule has 4 heterocycles. The standard InChI is InChI=1S/C68H78O18/c1-45(69)80-61-58(55-44-79-68(3,4)86-55)85-67(64(61)81-46(2)70)82-54(42-72-36-47-24-12-6-13-25-47)57-60(75-39-50-30-18-9-19-31-50)63(77-41-52-34-22-11-23-35-52)66(84-57)78-43-53(73-37-48-26-14-7-15-27-48)56-59(74-38-49-28-16-8-17-29-49)62(65(71-5)83-56)76-40-51-32-20-10-21-33-51/h6-35,53-67H,36-44H2,1-5H3/t53-,54-,55-,56+,57+,58+,59+,60+,61+,62-,63-,64-,65-,66-,67-/m1/s1. The van der Waals surface area contributed by atoms with Crippen LogP contribution in [0.25, 0.3) is 0 Å². The van der Waals surface area contributed by atoms with Crippen LogP contribution in [0.3, 0.4) is 0 Å². The Labute approximate surface area is 503 Å². The van der Waals surface area contributed by atoms with E-state index in [9.17, 15) is 9.59 Å². The van der Waals surface area contributed by atoms with Gasteiger partial charge >= 0.3 is 11.9 Å². The van der Waals surface area contributed by atoms with Crippen molar-refractivity contribution < 1.29 is 85.4 Å². The van der Waals surface area contributed by atoms with E-state index in [0.29, 0.717) is 0 Å². The summed E-state index contributed by atoms with van der Waals surface area (Å²) in [5, 5.41) is 0. The summed E-state index contributed by atoms with van der Waals surface area (Å²) in [6.07, 6.45) is -14.8. The number of hydrogen-bond acceptors (Lipinski definition) is 18. The van der Waals surface area contributed by atoms with E-state index in [1.807, 2.05) is 182 Å². The number of carbonyl (C=O) groups is 2. The molecule has 18 heteroatoms. The van der Waals surface area contributed by atoms with Crippen molar-refractivity contribution in [3.05, 3.63) is 215 Å². The normalized spacial score (nSPS) is 27.6. The van der Waals surface area contributed by atoms with Crippen LogP contribution in [0.4, 0.5) is 0 Å². The molecule has 86 heavy (non-hydrogen) atoms. The molecule has 0 spiro atoms. The van der Waals surface area contributed by atoms with E-state index in [2.05, 4.69) is 0 Å². The second-order valence-electron chi connectivity index (χ2n) is 22.0. The maximum absolute atomic E-state index is 13.1. The molecule has 458 valence electrons. The number of ether oxygens (including phenoxy) is 16. The first-order chi connectivity index (χ1) is 42.0. The predicted octanol–water partition coefficient (Wildman–Crippen LogP) is 9.37. The third-order valence-electron chi connectivity index (χ3n) is 15.2. The molecule has 10 rings (SSSR count). The maximum Gasteiger partial charge on any atom is 0.303 e. The highest BCUT2D eigenvalue weighted by Crippen LogP contribution is 2.40. The van der Waals surface area contributed by atoms with Crippen molar-refractivity contribution in [2.75, 3.05) is 26.9 Å². The van der Waals surface area contributed by atoms with Crippen LogP contribution in [-0.4, -0.2) is 137 Å². The van der Waals surface area contributed by atoms with Crippen LogP contribution in [-0.2, 0) is 125 Å². The Kier molecular flexibility index (Phi) is 22.7. The van der Waals surface area contributed by atoms with Gasteiger partial charge in [0.15, 0.2) is 36.9 Å². The fourth-order valence-corrected chi connectivity index (χ4v) is 11.1. The van der Waals surface area contributed by atoms with Gasteiger partial charge in [0.2, 0.25) is 0 Å². The minimum absolute atomic E-state index is 0.0918. The van der Waals surface area contributed by atoms with Crippen molar-refractivity contribution in [3.63, 3.8) is 0 Å². The zero-order valence-electron chi connectivity index (χ0n) is 49.2. The fraction of sp³-hybridized carbons (Fsp3) is 0.441. The zero-order valence-corrected chi connectivity index (χ0v) is 49.2. The molecule has 4 aliphatic rings. The van der Waals surface area contributed by atoms with Crippen molar-refractivity contribution in [3.8, 4) is 0 Å². The van der Waals surface area contributed by atoms with E-state index >= 15 is 0 Å². The smallest absolute Gasteiger partial charge is 0.303 e. The van der Waals surface area contributed by atoms with Gasteiger partial charge in [-0.3, -0.25) is 9.59 Å². The van der Waals surface area contributed by atoms with Gasteiger partial charge in [0.1, 0.15) is 61.0 Å². The van der Waals surface area contributed by atoms with Crippen LogP contribution in [0, 0.1) is 0 Å². The molecule has 18 nitrogen and oxygen atoms in total. The molecule has 6 aromatic rings. The lowest BCUT2D eigenvalue weighted by atomic mass is 10.0. The number of benzene rings is 6. The number of methoxy groups -OCH3 is 1. The van der Waals surface area contributed by atoms with Gasteiger partial charge in [0, 0.05) is 21.0 Å². The van der Waals surface area contributed by atoms with Crippen molar-refractivity contribution in [2.24, 2.45) is 0 Å². The first-order valence-corrected chi connectivity index (χ1v) is 29.3. The quantitative estimate of drug-likeness (QED) is 0.0389. The third-order valence-corrected chi connectivity index (χ3v) is 15.2. The lowest BCUT2D eigenvalue weighted by Crippen LogP contribution is -2.49. The van der Waals surface area contributed by atoms with Crippen LogP contribution in [0.1, 0.15) is 61.1 Å². The van der Waals surface area contributed by atoms with E-state index in [0.717, 1.165) is 33.4 Å². The number of rotatable bonds is 30. The third kappa shape index (κ3) is 17.3. The molecular weight excluding hydrogens is 1100 g/mol. The van der Waals surface area contributed by atoms with Crippen LogP contribution in [0.5, 0.6) is 0 Å². The van der Waals surface area contributed by atoms with E-state index in [1.54, 1.807) is 21.0 Å². The van der Waals surface area contributed by atoms with Gasteiger partial charge in [0.05, 0.1) is 59.5 Å². The Hall–Kier alpha value is -6.30. The largest absolute Gasteiger partial charge is 0.455 e. The van der Waals surface area contributed by atoms with Crippen molar-refractivity contribution >= 4 is 11.9 Å². The van der Waals surface area contributed by atoms with Gasteiger partial charge in [-0.15, -0.1) is 0 Å². The van der Waals surface area contributed by atoms with Gasteiger partial charge < -0.3 is 75.8 Å². The van der Waals surface area contributed by atoms with Crippen LogP contribution >= 0.6 is 0 Å². The summed E-state index contributed by atoms with van der Waals surface area (Å²) in [7, 11) is 1.58. The molecule has 6 aromatic carbocycles. The van der Waals surface area contributed by atoms with E-state index in [1.165, 1.54) is 13.8 Å². The number of carbonyl (C=O) groups excluding carboxylic acids is 2. The molecule has 0 saturated carbocycles. The van der Waals surface area contributed by atoms with Gasteiger partial charge in [-0.05, 0) is 47.2 Å². The van der Waals surface area contributed by atoms with Gasteiger partial charge in [-0.2, -0.15) is 0 Å². The molecule has 4 fully saturated rings. The van der Waals surface area contributed by atoms with Crippen molar-refractivity contribution in [1.29, 1.82) is 0 Å². The Morgan fingerprint density at radius 3 is 1.30 bits per heavy atom. The maximum atomic E-state index is 13.1. The second-order valence-corrected chi connectivity index (χ2v) is 22.0. The molecule has 4 aliphatic heterocycles. The summed E-state index contributed by atoms with van der Waals surface area (Å²) in [6, 6.07) is 58.8. The molecule has 15 atom stereocenters. The second kappa shape index (κ2) is 31.1. The highest BCUT2D eigenvalue weighted by Gasteiger charge is 2.59. The number of hydrogen-bond donors (Lipinski definition) is 0. The molecule has 0 aliphatic carbocycles. The molecule has 0 radical (unpaired) electrons. The van der Waals surface area contributed by atoms with E-state index in [-0.39, 0.29) is 59.5 Å². The minimum atomic E-state index is -1.37. The Bertz CT molecular complexity index is 2950. The van der Waals surface area contributed by atoms with E-state index < -0.39 is 110 Å².